The van der Waals surface area contributed by atoms with Crippen molar-refractivity contribution >= 4 is 5.95 Å². The van der Waals surface area contributed by atoms with Gasteiger partial charge in [-0.05, 0) is 37.5 Å². The molecule has 0 radical (unpaired) electrons. The standard InChI is InChI=1S/C14H19N3/c1-4-8-15-14-16-9-10-17(14)13-7-5-6-11(2)12(13)3/h5-7,9-10H,4,8H2,1-3H3,(H,15,16). The minimum absolute atomic E-state index is 0.917. The number of anilines is 1. The molecule has 0 saturated heterocycles. The Kier molecular flexibility index (Phi) is 3.47. The van der Waals surface area contributed by atoms with E-state index < -0.39 is 0 Å². The Hall–Kier alpha value is -1.77. The van der Waals surface area contributed by atoms with Crippen LogP contribution in [-0.2, 0) is 0 Å². The molecule has 1 N–H and O–H groups in total. The van der Waals surface area contributed by atoms with Crippen molar-refractivity contribution in [1.29, 1.82) is 0 Å². The van der Waals surface area contributed by atoms with Crippen molar-refractivity contribution in [2.24, 2.45) is 0 Å². The summed E-state index contributed by atoms with van der Waals surface area (Å²) >= 11 is 0. The Morgan fingerprint density at radius 3 is 2.88 bits per heavy atom. The molecule has 0 spiro atoms. The lowest BCUT2D eigenvalue weighted by Crippen LogP contribution is -2.07. The van der Waals surface area contributed by atoms with Crippen LogP contribution in [0.15, 0.2) is 30.6 Å². The summed E-state index contributed by atoms with van der Waals surface area (Å²) in [6.07, 6.45) is 4.93. The molecule has 17 heavy (non-hydrogen) atoms. The lowest BCUT2D eigenvalue weighted by atomic mass is 10.1. The Bertz CT molecular complexity index is 500. The van der Waals surface area contributed by atoms with E-state index in [2.05, 4.69) is 53.8 Å². The van der Waals surface area contributed by atoms with Gasteiger partial charge >= 0.3 is 0 Å². The lowest BCUT2D eigenvalue weighted by molar-refractivity contribution is 0.933. The Morgan fingerprint density at radius 1 is 1.29 bits per heavy atom. The largest absolute Gasteiger partial charge is 0.355 e. The molecule has 1 heterocycles. The number of hydrogen-bond acceptors (Lipinski definition) is 2. The van der Waals surface area contributed by atoms with Gasteiger partial charge in [0.25, 0.3) is 0 Å². The van der Waals surface area contributed by atoms with Crippen LogP contribution in [0.4, 0.5) is 5.95 Å². The molecule has 3 heteroatoms. The quantitative estimate of drug-likeness (QED) is 0.871. The van der Waals surface area contributed by atoms with E-state index in [1.807, 2.05) is 12.4 Å². The van der Waals surface area contributed by atoms with Gasteiger partial charge in [0.1, 0.15) is 0 Å². The first-order valence-corrected chi connectivity index (χ1v) is 6.08. The predicted molar refractivity (Wildman–Crippen MR) is 71.8 cm³/mol. The fraction of sp³-hybridized carbons (Fsp3) is 0.357. The van der Waals surface area contributed by atoms with Crippen LogP contribution in [0.1, 0.15) is 24.5 Å². The van der Waals surface area contributed by atoms with E-state index >= 15 is 0 Å². The van der Waals surface area contributed by atoms with Crippen molar-refractivity contribution in [3.05, 3.63) is 41.7 Å². The number of nitrogens with zero attached hydrogens (tertiary/aromatic N) is 2. The highest BCUT2D eigenvalue weighted by molar-refractivity contribution is 5.49. The first-order valence-electron chi connectivity index (χ1n) is 6.08. The maximum atomic E-state index is 4.35. The van der Waals surface area contributed by atoms with E-state index in [0.29, 0.717) is 0 Å². The van der Waals surface area contributed by atoms with Crippen LogP contribution in [0.2, 0.25) is 0 Å². The second kappa shape index (κ2) is 5.04. The Balaban J connectivity index is 2.39. The minimum atomic E-state index is 0.917. The number of aromatic nitrogens is 2. The molecule has 0 fully saturated rings. The zero-order valence-corrected chi connectivity index (χ0v) is 10.7. The second-order valence-corrected chi connectivity index (χ2v) is 4.27. The van der Waals surface area contributed by atoms with Crippen LogP contribution in [-0.4, -0.2) is 16.1 Å². The smallest absolute Gasteiger partial charge is 0.207 e. The molecule has 1 aromatic carbocycles. The van der Waals surface area contributed by atoms with Gasteiger partial charge in [-0.2, -0.15) is 0 Å². The van der Waals surface area contributed by atoms with Crippen molar-refractivity contribution in [2.45, 2.75) is 27.2 Å². The van der Waals surface area contributed by atoms with Crippen LogP contribution >= 0.6 is 0 Å². The second-order valence-electron chi connectivity index (χ2n) is 4.27. The zero-order valence-electron chi connectivity index (χ0n) is 10.7. The molecule has 1 aromatic heterocycles. The first-order chi connectivity index (χ1) is 8.24. The lowest BCUT2D eigenvalue weighted by Gasteiger charge is -2.13. The fourth-order valence-corrected chi connectivity index (χ4v) is 1.86. The molecule has 0 aliphatic rings. The summed E-state index contributed by atoms with van der Waals surface area (Å²) in [6, 6.07) is 6.34. The highest BCUT2D eigenvalue weighted by atomic mass is 15.2. The van der Waals surface area contributed by atoms with Crippen molar-refractivity contribution in [3.63, 3.8) is 0 Å². The summed E-state index contributed by atoms with van der Waals surface area (Å²) in [7, 11) is 0. The number of benzene rings is 1. The van der Waals surface area contributed by atoms with Crippen LogP contribution < -0.4 is 5.32 Å². The summed E-state index contributed by atoms with van der Waals surface area (Å²) in [5.74, 6) is 0.917. The third-order valence-corrected chi connectivity index (χ3v) is 3.01. The summed E-state index contributed by atoms with van der Waals surface area (Å²) < 4.78 is 2.11. The molecule has 0 amide bonds. The third kappa shape index (κ3) is 2.33. The minimum Gasteiger partial charge on any atom is -0.355 e. The van der Waals surface area contributed by atoms with Crippen LogP contribution in [0.5, 0.6) is 0 Å². The van der Waals surface area contributed by atoms with E-state index in [9.17, 15) is 0 Å². The summed E-state index contributed by atoms with van der Waals surface area (Å²) in [5.41, 5.74) is 3.80. The summed E-state index contributed by atoms with van der Waals surface area (Å²) in [5, 5.41) is 3.34. The fourth-order valence-electron chi connectivity index (χ4n) is 1.86. The molecule has 3 nitrogen and oxygen atoms in total. The van der Waals surface area contributed by atoms with Gasteiger partial charge in [0.2, 0.25) is 5.95 Å². The maximum absolute atomic E-state index is 4.35. The third-order valence-electron chi connectivity index (χ3n) is 3.01. The molecule has 2 aromatic rings. The van der Waals surface area contributed by atoms with Crippen LogP contribution in [0.3, 0.4) is 0 Å². The highest BCUT2D eigenvalue weighted by Gasteiger charge is 2.07. The zero-order chi connectivity index (χ0) is 12.3. The number of nitrogens with one attached hydrogen (secondary N) is 1. The molecule has 0 aliphatic heterocycles. The van der Waals surface area contributed by atoms with Gasteiger partial charge in [0.15, 0.2) is 0 Å². The molecule has 0 atom stereocenters. The van der Waals surface area contributed by atoms with Gasteiger partial charge in [0, 0.05) is 18.9 Å². The van der Waals surface area contributed by atoms with Crippen molar-refractivity contribution in [2.75, 3.05) is 11.9 Å². The van der Waals surface area contributed by atoms with Gasteiger partial charge in [-0.25, -0.2) is 4.98 Å². The molecule has 90 valence electrons. The molecular formula is C14H19N3. The van der Waals surface area contributed by atoms with Gasteiger partial charge in [-0.15, -0.1) is 0 Å². The average molecular weight is 229 g/mol. The number of hydrogen-bond donors (Lipinski definition) is 1. The van der Waals surface area contributed by atoms with E-state index in [4.69, 9.17) is 0 Å². The molecule has 0 unspecified atom stereocenters. The van der Waals surface area contributed by atoms with Gasteiger partial charge in [-0.3, -0.25) is 4.57 Å². The normalized spacial score (nSPS) is 10.5. The van der Waals surface area contributed by atoms with Gasteiger partial charge in [0.05, 0.1) is 5.69 Å². The monoisotopic (exact) mass is 229 g/mol. The van der Waals surface area contributed by atoms with E-state index in [-0.39, 0.29) is 0 Å². The molecule has 0 bridgehead atoms. The van der Waals surface area contributed by atoms with E-state index in [0.717, 1.165) is 18.9 Å². The van der Waals surface area contributed by atoms with Gasteiger partial charge in [-0.1, -0.05) is 19.1 Å². The molecule has 0 saturated carbocycles. The average Bonchev–Trinajstić information content (AvgIpc) is 2.78. The Morgan fingerprint density at radius 2 is 2.12 bits per heavy atom. The molecule has 0 aliphatic carbocycles. The molecule has 2 rings (SSSR count). The maximum Gasteiger partial charge on any atom is 0.207 e. The summed E-state index contributed by atoms with van der Waals surface area (Å²) in [6.45, 7) is 7.38. The van der Waals surface area contributed by atoms with Crippen LogP contribution in [0.25, 0.3) is 5.69 Å². The van der Waals surface area contributed by atoms with Crippen molar-refractivity contribution in [1.82, 2.24) is 9.55 Å². The topological polar surface area (TPSA) is 29.9 Å². The number of rotatable bonds is 4. The SMILES string of the molecule is CCCNc1nccn1-c1cccc(C)c1C. The van der Waals surface area contributed by atoms with Crippen molar-refractivity contribution in [3.8, 4) is 5.69 Å². The first kappa shape index (κ1) is 11.7. The predicted octanol–water partition coefficient (Wildman–Crippen LogP) is 3.31. The molecular weight excluding hydrogens is 210 g/mol. The number of imidazole rings is 1. The summed E-state index contributed by atoms with van der Waals surface area (Å²) in [4.78, 5) is 4.35. The van der Waals surface area contributed by atoms with E-state index in [1.165, 1.54) is 16.8 Å². The van der Waals surface area contributed by atoms with Crippen LogP contribution in [0, 0.1) is 13.8 Å². The van der Waals surface area contributed by atoms with Crippen molar-refractivity contribution < 1.29 is 0 Å². The highest BCUT2D eigenvalue weighted by Crippen LogP contribution is 2.20. The van der Waals surface area contributed by atoms with Gasteiger partial charge < -0.3 is 5.32 Å². The Labute approximate surface area is 103 Å². The van der Waals surface area contributed by atoms with E-state index in [1.54, 1.807) is 0 Å². The number of aryl methyl sites for hydroxylation is 1.